The normalized spacial score (nSPS) is 17.6. The molecule has 5 heteroatoms. The zero-order chi connectivity index (χ0) is 11.4. The zero-order valence-electron chi connectivity index (χ0n) is 10.2. The lowest BCUT2D eigenvalue weighted by molar-refractivity contribution is 0.351. The Labute approximate surface area is 96.6 Å². The summed E-state index contributed by atoms with van der Waals surface area (Å²) in [6.07, 6.45) is 4.88. The molecule has 1 saturated heterocycles. The fraction of sp³-hybridized carbons (Fsp3) is 0.818. The van der Waals surface area contributed by atoms with Crippen molar-refractivity contribution in [3.8, 4) is 0 Å². The lowest BCUT2D eigenvalue weighted by atomic mass is 9.93. The summed E-state index contributed by atoms with van der Waals surface area (Å²) in [5.74, 6) is 2.79. The molecule has 2 heterocycles. The Hall–Kier alpha value is -1.10. The van der Waals surface area contributed by atoms with Gasteiger partial charge in [-0.2, -0.15) is 0 Å². The molecule has 0 amide bonds. The smallest absolute Gasteiger partial charge is 0.224 e. The van der Waals surface area contributed by atoms with Gasteiger partial charge in [0.25, 0.3) is 0 Å². The summed E-state index contributed by atoms with van der Waals surface area (Å²) >= 11 is 0. The Bertz CT molecular complexity index is 327. The van der Waals surface area contributed by atoms with Crippen LogP contribution in [0, 0.1) is 5.92 Å². The summed E-state index contributed by atoms with van der Waals surface area (Å²) in [6, 6.07) is 0. The van der Waals surface area contributed by atoms with Crippen molar-refractivity contribution in [1.29, 1.82) is 0 Å². The first-order chi connectivity index (χ1) is 7.81. The first-order valence-corrected chi connectivity index (χ1v) is 6.08. The summed E-state index contributed by atoms with van der Waals surface area (Å²) < 4.78 is 2.04. The fourth-order valence-corrected chi connectivity index (χ4v) is 2.30. The molecule has 1 aromatic heterocycles. The predicted octanol–water partition coefficient (Wildman–Crippen LogP) is 0.789. The third-order valence-electron chi connectivity index (χ3n) is 3.42. The van der Waals surface area contributed by atoms with E-state index in [4.69, 9.17) is 0 Å². The van der Waals surface area contributed by atoms with E-state index < -0.39 is 0 Å². The highest BCUT2D eigenvalue weighted by Gasteiger charge is 2.14. The van der Waals surface area contributed by atoms with E-state index in [9.17, 15) is 0 Å². The molecule has 2 rings (SSSR count). The van der Waals surface area contributed by atoms with Crippen LogP contribution in [-0.4, -0.2) is 34.9 Å². The minimum atomic E-state index is 0.848. The quantitative estimate of drug-likeness (QED) is 0.792. The van der Waals surface area contributed by atoms with E-state index in [0.29, 0.717) is 0 Å². The average molecular weight is 223 g/mol. The molecule has 1 fully saturated rings. The Kier molecular flexibility index (Phi) is 3.77. The van der Waals surface area contributed by atoms with Crippen molar-refractivity contribution in [2.75, 3.05) is 25.5 Å². The van der Waals surface area contributed by atoms with Crippen LogP contribution in [0.25, 0.3) is 0 Å². The van der Waals surface area contributed by atoms with Gasteiger partial charge >= 0.3 is 0 Å². The number of piperidine rings is 1. The van der Waals surface area contributed by atoms with Gasteiger partial charge in [-0.1, -0.05) is 0 Å². The summed E-state index contributed by atoms with van der Waals surface area (Å²) in [7, 11) is 3.89. The Morgan fingerprint density at radius 2 is 2.12 bits per heavy atom. The van der Waals surface area contributed by atoms with Gasteiger partial charge in [0.05, 0.1) is 0 Å². The monoisotopic (exact) mass is 223 g/mol. The lowest BCUT2D eigenvalue weighted by Gasteiger charge is -2.22. The first-order valence-electron chi connectivity index (χ1n) is 6.08. The predicted molar refractivity (Wildman–Crippen MR) is 64.5 cm³/mol. The van der Waals surface area contributed by atoms with Gasteiger partial charge < -0.3 is 15.2 Å². The van der Waals surface area contributed by atoms with Gasteiger partial charge in [0.1, 0.15) is 5.82 Å². The van der Waals surface area contributed by atoms with Crippen molar-refractivity contribution >= 4 is 5.95 Å². The lowest BCUT2D eigenvalue weighted by Crippen LogP contribution is -2.28. The van der Waals surface area contributed by atoms with Gasteiger partial charge in [-0.25, -0.2) is 0 Å². The molecular weight excluding hydrogens is 202 g/mol. The molecule has 2 N–H and O–H groups in total. The molecule has 0 radical (unpaired) electrons. The second kappa shape index (κ2) is 5.30. The maximum atomic E-state index is 4.21. The van der Waals surface area contributed by atoms with Gasteiger partial charge in [0.2, 0.25) is 5.95 Å². The van der Waals surface area contributed by atoms with Crippen LogP contribution in [0.15, 0.2) is 0 Å². The van der Waals surface area contributed by atoms with Crippen molar-refractivity contribution in [2.24, 2.45) is 13.0 Å². The van der Waals surface area contributed by atoms with E-state index in [2.05, 4.69) is 20.8 Å². The van der Waals surface area contributed by atoms with Gasteiger partial charge in [0, 0.05) is 20.5 Å². The summed E-state index contributed by atoms with van der Waals surface area (Å²) in [5.41, 5.74) is 0. The molecule has 0 aromatic carbocycles. The number of nitrogens with zero attached hydrogens (tertiary/aromatic N) is 3. The molecule has 1 aliphatic heterocycles. The second-order valence-electron chi connectivity index (χ2n) is 4.48. The van der Waals surface area contributed by atoms with Crippen LogP contribution in [0.5, 0.6) is 0 Å². The number of aryl methyl sites for hydroxylation is 1. The van der Waals surface area contributed by atoms with Crippen molar-refractivity contribution in [3.05, 3.63) is 5.82 Å². The van der Waals surface area contributed by atoms with Gasteiger partial charge in [-0.3, -0.25) is 0 Å². The van der Waals surface area contributed by atoms with E-state index in [-0.39, 0.29) is 0 Å². The van der Waals surface area contributed by atoms with Crippen LogP contribution in [0.3, 0.4) is 0 Å². The van der Waals surface area contributed by atoms with E-state index in [1.54, 1.807) is 0 Å². The molecule has 0 atom stereocenters. The Morgan fingerprint density at radius 1 is 1.38 bits per heavy atom. The highest BCUT2D eigenvalue weighted by Crippen LogP contribution is 2.18. The highest BCUT2D eigenvalue weighted by molar-refractivity contribution is 5.23. The average Bonchev–Trinajstić information content (AvgIpc) is 2.69. The third kappa shape index (κ3) is 2.52. The molecule has 0 bridgehead atoms. The van der Waals surface area contributed by atoms with Crippen molar-refractivity contribution in [3.63, 3.8) is 0 Å². The van der Waals surface area contributed by atoms with E-state index >= 15 is 0 Å². The van der Waals surface area contributed by atoms with Crippen LogP contribution in [0.2, 0.25) is 0 Å². The Balaban J connectivity index is 1.86. The largest absolute Gasteiger partial charge is 0.357 e. The Morgan fingerprint density at radius 3 is 2.75 bits per heavy atom. The third-order valence-corrected chi connectivity index (χ3v) is 3.42. The second-order valence-corrected chi connectivity index (χ2v) is 4.48. The molecule has 5 nitrogen and oxygen atoms in total. The molecule has 0 saturated carbocycles. The molecule has 0 aliphatic carbocycles. The van der Waals surface area contributed by atoms with Crippen molar-refractivity contribution in [2.45, 2.75) is 25.7 Å². The fourth-order valence-electron chi connectivity index (χ4n) is 2.30. The van der Waals surface area contributed by atoms with Gasteiger partial charge in [-0.15, -0.1) is 10.2 Å². The minimum Gasteiger partial charge on any atom is -0.357 e. The molecule has 1 aliphatic rings. The minimum absolute atomic E-state index is 0.848. The SMILES string of the molecule is CNc1nnc(CCC2CCNCC2)n1C. The highest BCUT2D eigenvalue weighted by atomic mass is 15.3. The maximum absolute atomic E-state index is 4.21. The van der Waals surface area contributed by atoms with E-state index in [0.717, 1.165) is 24.1 Å². The number of nitrogens with one attached hydrogen (secondary N) is 2. The molecule has 0 spiro atoms. The summed E-state index contributed by atoms with van der Waals surface area (Å²) in [5, 5.41) is 14.7. The number of hydrogen-bond donors (Lipinski definition) is 2. The molecule has 16 heavy (non-hydrogen) atoms. The van der Waals surface area contributed by atoms with Crippen LogP contribution in [-0.2, 0) is 13.5 Å². The molecule has 0 unspecified atom stereocenters. The summed E-state index contributed by atoms with van der Waals surface area (Å²) in [4.78, 5) is 0. The standard InChI is InChI=1S/C11H21N5/c1-12-11-15-14-10(16(11)2)4-3-9-5-7-13-8-6-9/h9,13H,3-8H2,1-2H3,(H,12,15). The number of hydrogen-bond acceptors (Lipinski definition) is 4. The number of aromatic nitrogens is 3. The molecule has 90 valence electrons. The van der Waals surface area contributed by atoms with E-state index in [1.807, 2.05) is 18.7 Å². The molecule has 1 aromatic rings. The zero-order valence-corrected chi connectivity index (χ0v) is 10.2. The first kappa shape index (κ1) is 11.4. The van der Waals surface area contributed by atoms with Crippen LogP contribution >= 0.6 is 0 Å². The van der Waals surface area contributed by atoms with Crippen LogP contribution < -0.4 is 10.6 Å². The van der Waals surface area contributed by atoms with Crippen molar-refractivity contribution in [1.82, 2.24) is 20.1 Å². The van der Waals surface area contributed by atoms with Gasteiger partial charge in [-0.05, 0) is 38.3 Å². The summed E-state index contributed by atoms with van der Waals surface area (Å²) in [6.45, 7) is 2.34. The number of rotatable bonds is 4. The molecular formula is C11H21N5. The van der Waals surface area contributed by atoms with Crippen LogP contribution in [0.1, 0.15) is 25.1 Å². The number of anilines is 1. The van der Waals surface area contributed by atoms with Crippen LogP contribution in [0.4, 0.5) is 5.95 Å². The maximum Gasteiger partial charge on any atom is 0.224 e. The van der Waals surface area contributed by atoms with E-state index in [1.165, 1.54) is 32.4 Å². The topological polar surface area (TPSA) is 54.8 Å². The van der Waals surface area contributed by atoms with Gasteiger partial charge in [0.15, 0.2) is 0 Å². The van der Waals surface area contributed by atoms with Crippen molar-refractivity contribution < 1.29 is 0 Å².